The molecule has 132 valence electrons. The molecule has 1 rings (SSSR count). The van der Waals surface area contributed by atoms with Gasteiger partial charge in [0.05, 0.1) is 6.54 Å². The average Bonchev–Trinajstić information content (AvgIpc) is 2.67. The van der Waals surface area contributed by atoms with Gasteiger partial charge in [0.15, 0.2) is 0 Å². The van der Waals surface area contributed by atoms with Crippen molar-refractivity contribution in [3.8, 4) is 25.7 Å². The Morgan fingerprint density at radius 1 is 0.870 bits per heavy atom. The minimum atomic E-state index is -0.0770. The molecule has 3 heteroatoms. The second-order valence-corrected chi connectivity index (χ2v) is 3.42. The van der Waals surface area contributed by atoms with Gasteiger partial charge in [-0.2, -0.15) is 0 Å². The highest BCUT2D eigenvalue weighted by molar-refractivity contribution is 5.77. The molecule has 0 aliphatic carbocycles. The second kappa shape index (κ2) is 50.3. The van der Waals surface area contributed by atoms with Gasteiger partial charge in [0, 0.05) is 6.54 Å². The first-order valence-electron chi connectivity index (χ1n) is 7.86. The van der Waals surface area contributed by atoms with E-state index in [4.69, 9.17) is 5.73 Å². The van der Waals surface area contributed by atoms with Crippen molar-refractivity contribution in [3.63, 3.8) is 0 Å². The zero-order valence-corrected chi connectivity index (χ0v) is 15.6. The molecular formula is C20H36N2O. The van der Waals surface area contributed by atoms with E-state index in [0.29, 0.717) is 0 Å². The number of amides is 1. The molecule has 0 aliphatic rings. The highest BCUT2D eigenvalue weighted by atomic mass is 16.1. The molecule has 0 atom stereocenters. The molecule has 0 radical (unpaired) electrons. The van der Waals surface area contributed by atoms with Crippen molar-refractivity contribution in [3.05, 3.63) is 36.4 Å². The molecule has 0 bridgehead atoms. The van der Waals surface area contributed by atoms with Crippen molar-refractivity contribution in [2.24, 2.45) is 5.73 Å². The molecule has 0 unspecified atom stereocenters. The molecule has 1 aromatic rings. The van der Waals surface area contributed by atoms with E-state index in [1.54, 1.807) is 0 Å². The Morgan fingerprint density at radius 3 is 1.30 bits per heavy atom. The average molecular weight is 321 g/mol. The third kappa shape index (κ3) is 65.4. The first-order valence-corrected chi connectivity index (χ1v) is 7.86. The number of hydrogen-bond acceptors (Lipinski definition) is 2. The van der Waals surface area contributed by atoms with Crippen LogP contribution in [0.5, 0.6) is 0 Å². The lowest BCUT2D eigenvalue weighted by Crippen LogP contribution is -2.30. The quantitative estimate of drug-likeness (QED) is 0.824. The topological polar surface area (TPSA) is 55.1 Å². The van der Waals surface area contributed by atoms with Crippen LogP contribution in [0.3, 0.4) is 0 Å². The molecule has 3 nitrogen and oxygen atoms in total. The SMILES string of the molecule is C#C.C#C.CC.CCC.CCCNC(=O)CN.c1ccccc1. The van der Waals surface area contributed by atoms with Crippen molar-refractivity contribution >= 4 is 5.91 Å². The van der Waals surface area contributed by atoms with E-state index in [1.807, 2.05) is 57.2 Å². The molecule has 3 N–H and O–H groups in total. The van der Waals surface area contributed by atoms with E-state index in [0.717, 1.165) is 13.0 Å². The van der Waals surface area contributed by atoms with Crippen LogP contribution < -0.4 is 11.1 Å². The van der Waals surface area contributed by atoms with Gasteiger partial charge in [-0.25, -0.2) is 0 Å². The van der Waals surface area contributed by atoms with Gasteiger partial charge in [0.2, 0.25) is 5.91 Å². The molecule has 1 aromatic carbocycles. The zero-order valence-electron chi connectivity index (χ0n) is 15.6. The number of nitrogens with one attached hydrogen (secondary N) is 1. The fraction of sp³-hybridized carbons (Fsp3) is 0.450. The summed E-state index contributed by atoms with van der Waals surface area (Å²) < 4.78 is 0. The number of terminal acetylenes is 2. The minimum Gasteiger partial charge on any atom is -0.355 e. The molecule has 23 heavy (non-hydrogen) atoms. The van der Waals surface area contributed by atoms with Crippen LogP contribution in [0.25, 0.3) is 0 Å². The number of hydrogen-bond donors (Lipinski definition) is 2. The molecular weight excluding hydrogens is 284 g/mol. The Kier molecular flexibility index (Phi) is 71.4. The summed E-state index contributed by atoms with van der Waals surface area (Å²) in [4.78, 5) is 10.3. The minimum absolute atomic E-state index is 0.0770. The van der Waals surface area contributed by atoms with Crippen LogP contribution in [0, 0.1) is 25.7 Å². The summed E-state index contributed by atoms with van der Waals surface area (Å²) in [6, 6.07) is 12.0. The van der Waals surface area contributed by atoms with Crippen molar-refractivity contribution in [2.45, 2.75) is 47.5 Å². The maximum absolute atomic E-state index is 10.3. The predicted molar refractivity (Wildman–Crippen MR) is 106 cm³/mol. The number of carbonyl (C=O) groups excluding carboxylic acids is 1. The fourth-order valence-corrected chi connectivity index (χ4v) is 0.721. The smallest absolute Gasteiger partial charge is 0.233 e. The second-order valence-electron chi connectivity index (χ2n) is 3.42. The van der Waals surface area contributed by atoms with Gasteiger partial charge >= 0.3 is 0 Å². The summed E-state index contributed by atoms with van der Waals surface area (Å²) in [5.74, 6) is -0.0770. The van der Waals surface area contributed by atoms with Crippen LogP contribution in [0.4, 0.5) is 0 Å². The lowest BCUT2D eigenvalue weighted by Gasteiger charge is -1.97. The lowest BCUT2D eigenvalue weighted by atomic mass is 10.4. The first-order chi connectivity index (χ1) is 11.2. The molecule has 0 aliphatic heterocycles. The largest absolute Gasteiger partial charge is 0.355 e. The summed E-state index contributed by atoms with van der Waals surface area (Å²) in [7, 11) is 0. The lowest BCUT2D eigenvalue weighted by molar-refractivity contribution is -0.119. The Hall–Kier alpha value is -2.23. The van der Waals surface area contributed by atoms with Crippen LogP contribution in [-0.4, -0.2) is 19.0 Å². The number of rotatable bonds is 3. The van der Waals surface area contributed by atoms with Crippen molar-refractivity contribution < 1.29 is 4.79 Å². The Morgan fingerprint density at radius 2 is 1.13 bits per heavy atom. The zero-order chi connectivity index (χ0) is 19.4. The Balaban J connectivity index is -0.0000000637. The summed E-state index contributed by atoms with van der Waals surface area (Å²) in [5, 5.41) is 2.62. The van der Waals surface area contributed by atoms with Gasteiger partial charge in [-0.05, 0) is 6.42 Å². The molecule has 0 saturated carbocycles. The summed E-state index contributed by atoms with van der Waals surface area (Å²) in [6.45, 7) is 11.1. The molecule has 0 saturated heterocycles. The molecule has 0 spiro atoms. The normalized spacial score (nSPS) is 6.35. The summed E-state index contributed by atoms with van der Waals surface area (Å²) in [5.41, 5.74) is 5.00. The van der Waals surface area contributed by atoms with E-state index < -0.39 is 0 Å². The van der Waals surface area contributed by atoms with E-state index in [9.17, 15) is 4.79 Å². The van der Waals surface area contributed by atoms with Gasteiger partial charge in [-0.1, -0.05) is 77.4 Å². The third-order valence-corrected chi connectivity index (χ3v) is 1.42. The maximum atomic E-state index is 10.3. The van der Waals surface area contributed by atoms with Gasteiger partial charge in [0.1, 0.15) is 0 Å². The fourth-order valence-electron chi connectivity index (χ4n) is 0.721. The molecule has 1 amide bonds. The highest BCUT2D eigenvalue weighted by Gasteiger charge is 1.90. The molecule has 0 fully saturated rings. The van der Waals surface area contributed by atoms with E-state index in [1.165, 1.54) is 6.42 Å². The van der Waals surface area contributed by atoms with Crippen LogP contribution in [0.1, 0.15) is 47.5 Å². The number of benzene rings is 1. The van der Waals surface area contributed by atoms with Crippen LogP contribution in [-0.2, 0) is 4.79 Å². The maximum Gasteiger partial charge on any atom is 0.233 e. The molecule has 0 aromatic heterocycles. The summed E-state index contributed by atoms with van der Waals surface area (Å²) >= 11 is 0. The first kappa shape index (κ1) is 32.6. The van der Waals surface area contributed by atoms with E-state index >= 15 is 0 Å². The van der Waals surface area contributed by atoms with E-state index in [2.05, 4.69) is 44.9 Å². The van der Waals surface area contributed by atoms with Crippen LogP contribution >= 0.6 is 0 Å². The number of carbonyl (C=O) groups is 1. The Bertz CT molecular complexity index is 272. The van der Waals surface area contributed by atoms with Gasteiger partial charge in [0.25, 0.3) is 0 Å². The third-order valence-electron chi connectivity index (χ3n) is 1.42. The van der Waals surface area contributed by atoms with Gasteiger partial charge in [-0.15, -0.1) is 25.7 Å². The highest BCUT2D eigenvalue weighted by Crippen LogP contribution is 1.79. The van der Waals surface area contributed by atoms with Crippen molar-refractivity contribution in [1.82, 2.24) is 5.32 Å². The van der Waals surface area contributed by atoms with E-state index in [-0.39, 0.29) is 12.5 Å². The van der Waals surface area contributed by atoms with Crippen LogP contribution in [0.15, 0.2) is 36.4 Å². The van der Waals surface area contributed by atoms with Gasteiger partial charge in [-0.3, -0.25) is 4.79 Å². The summed E-state index contributed by atoms with van der Waals surface area (Å²) in [6.07, 6.45) is 18.2. The van der Waals surface area contributed by atoms with Gasteiger partial charge < -0.3 is 11.1 Å². The number of nitrogens with two attached hydrogens (primary N) is 1. The predicted octanol–water partition coefficient (Wildman–Crippen LogP) is 4.10. The van der Waals surface area contributed by atoms with Crippen molar-refractivity contribution in [1.29, 1.82) is 0 Å². The van der Waals surface area contributed by atoms with Crippen LogP contribution in [0.2, 0.25) is 0 Å². The standard InChI is InChI=1S/C6H6.C5H12N2O.C3H8.C2H6.2C2H2/c1-2-4-6-5-3-1;1-2-3-7-5(8)4-6;1-3-2;3*1-2/h1-6H;2-4,6H2,1H3,(H,7,8);3H2,1-2H3;1-2H3;2*1-2H. The monoisotopic (exact) mass is 320 g/mol. The Labute approximate surface area is 145 Å². The molecule has 0 heterocycles. The van der Waals surface area contributed by atoms with Crippen molar-refractivity contribution in [2.75, 3.05) is 13.1 Å².